The molecule has 0 unspecified atom stereocenters. The molecule has 0 saturated carbocycles. The van der Waals surface area contributed by atoms with E-state index in [0.29, 0.717) is 5.75 Å². The molecule has 1 aromatic carbocycles. The molecule has 2 heterocycles. The molecule has 0 amide bonds. The van der Waals surface area contributed by atoms with Gasteiger partial charge in [-0.25, -0.2) is 9.97 Å². The minimum Gasteiger partial charge on any atom is -0.488 e. The molecule has 1 radical (unpaired) electrons. The largest absolute Gasteiger partial charge is 0.488 e. The number of nitrogens with zero attached hydrogens (tertiary/aromatic N) is 4. The predicted molar refractivity (Wildman–Crippen MR) is 66.7 cm³/mol. The third-order valence-corrected chi connectivity index (χ3v) is 2.68. The molecule has 2 aromatic heterocycles. The third kappa shape index (κ3) is 1.75. The zero-order valence-electron chi connectivity index (χ0n) is 9.60. The highest BCUT2D eigenvalue weighted by molar-refractivity contribution is 5.53. The zero-order chi connectivity index (χ0) is 12.4. The maximum atomic E-state index is 5.12. The molecule has 3 rings (SSSR count). The molecule has 0 saturated heterocycles. The molecule has 5 heteroatoms. The Morgan fingerprint density at radius 1 is 1.00 bits per heavy atom. The van der Waals surface area contributed by atoms with Gasteiger partial charge in [-0.15, -0.1) is 0 Å². The summed E-state index contributed by atoms with van der Waals surface area (Å²) in [5.41, 5.74) is 1.88. The van der Waals surface area contributed by atoms with Crippen molar-refractivity contribution in [3.8, 4) is 17.1 Å². The smallest absolute Gasteiger partial charge is 0.143 e. The highest BCUT2D eigenvalue weighted by Crippen LogP contribution is 2.25. The molecule has 3 aromatic rings. The van der Waals surface area contributed by atoms with E-state index in [1.165, 1.54) is 0 Å². The molecule has 0 fully saturated rings. The monoisotopic (exact) mass is 239 g/mol. The molecule has 18 heavy (non-hydrogen) atoms. The molecule has 0 aliphatic rings. The molecule has 0 spiro atoms. The van der Waals surface area contributed by atoms with Crippen LogP contribution < -0.4 is 4.74 Å². The Kier molecular flexibility index (Phi) is 2.57. The number of rotatable bonds is 3. The van der Waals surface area contributed by atoms with Crippen LogP contribution in [0.15, 0.2) is 55.6 Å². The summed E-state index contributed by atoms with van der Waals surface area (Å²) in [6.07, 6.45) is 10.7. The molecular weight excluding hydrogens is 228 g/mol. The highest BCUT2D eigenvalue weighted by atomic mass is 16.5. The van der Waals surface area contributed by atoms with Crippen molar-refractivity contribution in [1.82, 2.24) is 19.1 Å². The van der Waals surface area contributed by atoms with Gasteiger partial charge in [-0.3, -0.25) is 0 Å². The fraction of sp³-hybridized carbons (Fsp3) is 0. The van der Waals surface area contributed by atoms with Gasteiger partial charge in [0.05, 0.1) is 18.3 Å². The fourth-order valence-corrected chi connectivity index (χ4v) is 1.80. The summed E-state index contributed by atoms with van der Waals surface area (Å²) in [6.45, 7) is 0. The normalized spacial score (nSPS) is 10.5. The second-order valence-corrected chi connectivity index (χ2v) is 3.74. The van der Waals surface area contributed by atoms with Gasteiger partial charge in [-0.1, -0.05) is 0 Å². The van der Waals surface area contributed by atoms with E-state index in [1.807, 2.05) is 39.7 Å². The van der Waals surface area contributed by atoms with Crippen LogP contribution in [0.5, 0.6) is 5.75 Å². The lowest BCUT2D eigenvalue weighted by molar-refractivity contribution is 0.470. The van der Waals surface area contributed by atoms with E-state index in [1.54, 1.807) is 25.0 Å². The van der Waals surface area contributed by atoms with Gasteiger partial charge in [-0.05, 0) is 18.2 Å². The van der Waals surface area contributed by atoms with Crippen molar-refractivity contribution in [2.24, 2.45) is 0 Å². The van der Waals surface area contributed by atoms with Crippen LogP contribution in [-0.4, -0.2) is 19.1 Å². The van der Waals surface area contributed by atoms with Crippen LogP contribution in [0, 0.1) is 7.11 Å². The Labute approximate surface area is 104 Å². The van der Waals surface area contributed by atoms with Crippen LogP contribution in [-0.2, 0) is 0 Å². The van der Waals surface area contributed by atoms with Gasteiger partial charge in [0.15, 0.2) is 0 Å². The minimum atomic E-state index is 0.692. The molecule has 5 nitrogen and oxygen atoms in total. The number of aromatic nitrogens is 4. The summed E-state index contributed by atoms with van der Waals surface area (Å²) < 4.78 is 8.92. The molecule has 89 valence electrons. The summed E-state index contributed by atoms with van der Waals surface area (Å²) in [4.78, 5) is 8.07. The first kappa shape index (κ1) is 10.6. The zero-order valence-corrected chi connectivity index (χ0v) is 9.60. The maximum Gasteiger partial charge on any atom is 0.143 e. The SMILES string of the molecule is [CH2]Oc1ccc(-n2ccnc2)cc1-n1ccnc1. The van der Waals surface area contributed by atoms with Crippen molar-refractivity contribution in [2.45, 2.75) is 0 Å². The van der Waals surface area contributed by atoms with Crippen molar-refractivity contribution < 1.29 is 4.74 Å². The summed E-state index contributed by atoms with van der Waals surface area (Å²) >= 11 is 0. The summed E-state index contributed by atoms with van der Waals surface area (Å²) in [5.74, 6) is 0.692. The number of hydrogen-bond donors (Lipinski definition) is 0. The van der Waals surface area contributed by atoms with Gasteiger partial charge in [0.25, 0.3) is 0 Å². The number of imidazole rings is 2. The first-order valence-corrected chi connectivity index (χ1v) is 5.41. The summed E-state index contributed by atoms with van der Waals surface area (Å²) in [6, 6.07) is 5.81. The fourth-order valence-electron chi connectivity index (χ4n) is 1.80. The van der Waals surface area contributed by atoms with Gasteiger partial charge in [-0.2, -0.15) is 0 Å². The lowest BCUT2D eigenvalue weighted by atomic mass is 10.2. The van der Waals surface area contributed by atoms with Crippen LogP contribution in [0.4, 0.5) is 0 Å². The van der Waals surface area contributed by atoms with Crippen molar-refractivity contribution in [2.75, 3.05) is 0 Å². The van der Waals surface area contributed by atoms with Crippen LogP contribution in [0.2, 0.25) is 0 Å². The van der Waals surface area contributed by atoms with E-state index in [0.717, 1.165) is 11.4 Å². The van der Waals surface area contributed by atoms with Crippen molar-refractivity contribution in [1.29, 1.82) is 0 Å². The molecule has 0 atom stereocenters. The quantitative estimate of drug-likeness (QED) is 0.704. The van der Waals surface area contributed by atoms with E-state index in [-0.39, 0.29) is 0 Å². The van der Waals surface area contributed by atoms with E-state index in [4.69, 9.17) is 4.74 Å². The van der Waals surface area contributed by atoms with Crippen LogP contribution in [0.3, 0.4) is 0 Å². The first-order valence-electron chi connectivity index (χ1n) is 5.41. The van der Waals surface area contributed by atoms with Gasteiger partial charge in [0.1, 0.15) is 12.9 Å². The summed E-state index contributed by atoms with van der Waals surface area (Å²) in [5, 5.41) is 0. The van der Waals surface area contributed by atoms with E-state index < -0.39 is 0 Å². The van der Waals surface area contributed by atoms with Crippen LogP contribution >= 0.6 is 0 Å². The highest BCUT2D eigenvalue weighted by Gasteiger charge is 2.07. The molecule has 0 N–H and O–H groups in total. The number of hydrogen-bond acceptors (Lipinski definition) is 3. The third-order valence-electron chi connectivity index (χ3n) is 2.68. The van der Waals surface area contributed by atoms with Gasteiger partial charge in [0, 0.05) is 30.5 Å². The van der Waals surface area contributed by atoms with E-state index >= 15 is 0 Å². The number of benzene rings is 1. The van der Waals surface area contributed by atoms with Gasteiger partial charge < -0.3 is 13.9 Å². The molecular formula is C13H11N4O. The van der Waals surface area contributed by atoms with Gasteiger partial charge in [0.2, 0.25) is 0 Å². The Morgan fingerprint density at radius 2 is 1.72 bits per heavy atom. The van der Waals surface area contributed by atoms with Gasteiger partial charge >= 0.3 is 0 Å². The Morgan fingerprint density at radius 3 is 2.33 bits per heavy atom. The topological polar surface area (TPSA) is 44.9 Å². The first-order chi connectivity index (χ1) is 8.88. The minimum absolute atomic E-state index is 0.692. The Bertz CT molecular complexity index is 629. The predicted octanol–water partition coefficient (Wildman–Crippen LogP) is 2.23. The average molecular weight is 239 g/mol. The Hall–Kier alpha value is -2.56. The van der Waals surface area contributed by atoms with E-state index in [2.05, 4.69) is 17.1 Å². The maximum absolute atomic E-state index is 5.12. The second-order valence-electron chi connectivity index (χ2n) is 3.74. The van der Waals surface area contributed by atoms with Crippen LogP contribution in [0.1, 0.15) is 0 Å². The lowest BCUT2D eigenvalue weighted by Gasteiger charge is -2.11. The van der Waals surface area contributed by atoms with Crippen molar-refractivity contribution in [3.05, 3.63) is 62.8 Å². The Balaban J connectivity index is 2.14. The molecule has 0 bridgehead atoms. The van der Waals surface area contributed by atoms with Crippen LogP contribution in [0.25, 0.3) is 11.4 Å². The van der Waals surface area contributed by atoms with Crippen molar-refractivity contribution >= 4 is 0 Å². The average Bonchev–Trinajstić information content (AvgIpc) is 3.11. The number of ether oxygens (including phenoxy) is 1. The molecule has 0 aliphatic carbocycles. The standard InChI is InChI=1S/C13H11N4O/c1-18-13-3-2-11(16-6-4-14-9-16)8-12(13)17-7-5-15-10-17/h2-10H,1H2. The second kappa shape index (κ2) is 4.37. The lowest BCUT2D eigenvalue weighted by Crippen LogP contribution is -1.98. The van der Waals surface area contributed by atoms with Crippen molar-refractivity contribution in [3.63, 3.8) is 0 Å². The summed E-state index contributed by atoms with van der Waals surface area (Å²) in [7, 11) is 3.47. The van der Waals surface area contributed by atoms with E-state index in [9.17, 15) is 0 Å². The molecule has 0 aliphatic heterocycles.